The van der Waals surface area contributed by atoms with E-state index in [-0.39, 0.29) is 0 Å². The van der Waals surface area contributed by atoms with Crippen LogP contribution in [0, 0.1) is 5.92 Å². The molecular weight excluding hydrogens is 268 g/mol. The molecule has 1 unspecified atom stereocenters. The second-order valence-electron chi connectivity index (χ2n) is 4.88. The highest BCUT2D eigenvalue weighted by Crippen LogP contribution is 2.17. The van der Waals surface area contributed by atoms with E-state index < -0.39 is 10.0 Å². The summed E-state index contributed by atoms with van der Waals surface area (Å²) in [5, 5.41) is 3.45. The van der Waals surface area contributed by atoms with Gasteiger partial charge in [-0.2, -0.15) is 11.8 Å². The monoisotopic (exact) mass is 294 g/mol. The highest BCUT2D eigenvalue weighted by molar-refractivity contribution is 7.99. The van der Waals surface area contributed by atoms with Crippen LogP contribution >= 0.6 is 11.8 Å². The first-order valence-corrected chi connectivity index (χ1v) is 9.78. The van der Waals surface area contributed by atoms with Gasteiger partial charge in [0.25, 0.3) is 0 Å². The second-order valence-corrected chi connectivity index (χ2v) is 8.26. The molecule has 108 valence electrons. The van der Waals surface area contributed by atoms with E-state index in [4.69, 9.17) is 0 Å². The van der Waals surface area contributed by atoms with E-state index in [9.17, 15) is 8.42 Å². The van der Waals surface area contributed by atoms with E-state index in [1.807, 2.05) is 11.8 Å². The lowest BCUT2D eigenvalue weighted by molar-refractivity contribution is 0.261. The third kappa shape index (κ3) is 6.41. The molecule has 4 nitrogen and oxygen atoms in total. The molecule has 18 heavy (non-hydrogen) atoms. The predicted octanol–water partition coefficient (Wildman–Crippen LogP) is 1.39. The third-order valence-electron chi connectivity index (χ3n) is 3.23. The van der Waals surface area contributed by atoms with Crippen LogP contribution < -0.4 is 5.32 Å². The van der Waals surface area contributed by atoms with Gasteiger partial charge in [0.15, 0.2) is 0 Å². The first-order valence-electron chi connectivity index (χ1n) is 6.77. The highest BCUT2D eigenvalue weighted by Gasteiger charge is 2.25. The molecule has 1 aliphatic heterocycles. The molecule has 1 saturated heterocycles. The van der Waals surface area contributed by atoms with Crippen molar-refractivity contribution >= 4 is 21.8 Å². The number of piperidine rings is 1. The van der Waals surface area contributed by atoms with E-state index in [1.54, 1.807) is 4.31 Å². The lowest BCUT2D eigenvalue weighted by Crippen LogP contribution is -2.42. The minimum Gasteiger partial charge on any atom is -0.316 e. The molecule has 1 atom stereocenters. The summed E-state index contributed by atoms with van der Waals surface area (Å²) in [6.45, 7) is 5.56. The minimum atomic E-state index is -3.00. The fourth-order valence-electron chi connectivity index (χ4n) is 2.24. The lowest BCUT2D eigenvalue weighted by atomic mass is 10.00. The Kier molecular flexibility index (Phi) is 7.60. The molecule has 0 amide bonds. The maximum Gasteiger partial charge on any atom is 0.211 e. The fourth-order valence-corrected chi connectivity index (χ4v) is 3.82. The van der Waals surface area contributed by atoms with Gasteiger partial charge in [-0.15, -0.1) is 0 Å². The molecular formula is C12H26N2O2S2. The zero-order chi connectivity index (χ0) is 13.4. The zero-order valence-electron chi connectivity index (χ0n) is 11.5. The minimum absolute atomic E-state index is 0.479. The van der Waals surface area contributed by atoms with Crippen molar-refractivity contribution in [3.05, 3.63) is 0 Å². The van der Waals surface area contributed by atoms with E-state index in [0.29, 0.717) is 19.0 Å². The van der Waals surface area contributed by atoms with Crippen molar-refractivity contribution in [3.8, 4) is 0 Å². The summed E-state index contributed by atoms with van der Waals surface area (Å²) in [5.74, 6) is 2.88. The molecule has 0 saturated carbocycles. The number of nitrogens with one attached hydrogen (secondary N) is 1. The highest BCUT2D eigenvalue weighted by atomic mass is 32.2. The number of thioether (sulfide) groups is 1. The maximum atomic E-state index is 11.5. The standard InChI is InChI=1S/C12H26N2O2S2/c1-3-17-9-5-7-13-10-12-6-4-8-14(11-12)18(2,15)16/h12-13H,3-11H2,1-2H3. The fraction of sp³-hybridized carbons (Fsp3) is 1.00. The van der Waals surface area contributed by atoms with Crippen molar-refractivity contribution in [1.82, 2.24) is 9.62 Å². The molecule has 0 aliphatic carbocycles. The normalized spacial score (nSPS) is 22.2. The third-order valence-corrected chi connectivity index (χ3v) is 5.49. The molecule has 0 aromatic heterocycles. The van der Waals surface area contributed by atoms with Crippen LogP contribution in [0.25, 0.3) is 0 Å². The Bertz CT molecular complexity index is 320. The molecule has 0 aromatic carbocycles. The molecule has 6 heteroatoms. The Morgan fingerprint density at radius 3 is 2.89 bits per heavy atom. The maximum absolute atomic E-state index is 11.5. The van der Waals surface area contributed by atoms with Crippen LogP contribution in [0.2, 0.25) is 0 Å². The van der Waals surface area contributed by atoms with Gasteiger partial charge in [-0.1, -0.05) is 6.92 Å². The van der Waals surface area contributed by atoms with Crippen molar-refractivity contribution in [2.24, 2.45) is 5.92 Å². The van der Waals surface area contributed by atoms with Crippen molar-refractivity contribution in [1.29, 1.82) is 0 Å². The molecule has 0 aromatic rings. The predicted molar refractivity (Wildman–Crippen MR) is 79.6 cm³/mol. The largest absolute Gasteiger partial charge is 0.316 e. The number of nitrogens with zero attached hydrogens (tertiary/aromatic N) is 1. The van der Waals surface area contributed by atoms with Crippen molar-refractivity contribution in [2.75, 3.05) is 43.9 Å². The topological polar surface area (TPSA) is 49.4 Å². The van der Waals surface area contributed by atoms with Gasteiger partial charge in [-0.25, -0.2) is 12.7 Å². The van der Waals surface area contributed by atoms with Crippen LogP contribution in [0.15, 0.2) is 0 Å². The van der Waals surface area contributed by atoms with Gasteiger partial charge >= 0.3 is 0 Å². The first-order chi connectivity index (χ1) is 8.54. The van der Waals surface area contributed by atoms with Crippen LogP contribution in [-0.4, -0.2) is 56.7 Å². The Labute approximate surface area is 116 Å². The van der Waals surface area contributed by atoms with Gasteiger partial charge in [0.1, 0.15) is 0 Å². The Morgan fingerprint density at radius 2 is 2.22 bits per heavy atom. The molecule has 1 heterocycles. The molecule has 0 bridgehead atoms. The molecule has 0 radical (unpaired) electrons. The van der Waals surface area contributed by atoms with Crippen molar-refractivity contribution < 1.29 is 8.42 Å². The van der Waals surface area contributed by atoms with E-state index in [2.05, 4.69) is 12.2 Å². The van der Waals surface area contributed by atoms with Gasteiger partial charge in [0.2, 0.25) is 10.0 Å². The summed E-state index contributed by atoms with van der Waals surface area (Å²) in [6.07, 6.45) is 4.64. The number of hydrogen-bond acceptors (Lipinski definition) is 4. The summed E-state index contributed by atoms with van der Waals surface area (Å²) in [5.41, 5.74) is 0. The van der Waals surface area contributed by atoms with Gasteiger partial charge in [-0.3, -0.25) is 0 Å². The summed E-state index contributed by atoms with van der Waals surface area (Å²) >= 11 is 1.97. The van der Waals surface area contributed by atoms with Gasteiger partial charge < -0.3 is 5.32 Å². The van der Waals surface area contributed by atoms with E-state index in [1.165, 1.54) is 24.2 Å². The van der Waals surface area contributed by atoms with Crippen LogP contribution in [0.5, 0.6) is 0 Å². The lowest BCUT2D eigenvalue weighted by Gasteiger charge is -2.31. The Balaban J connectivity index is 2.15. The van der Waals surface area contributed by atoms with Crippen LogP contribution in [0.4, 0.5) is 0 Å². The smallest absolute Gasteiger partial charge is 0.211 e. The Morgan fingerprint density at radius 1 is 1.44 bits per heavy atom. The van der Waals surface area contributed by atoms with Crippen LogP contribution in [0.3, 0.4) is 0 Å². The number of rotatable bonds is 8. The Hall–Kier alpha value is 0.220. The second kappa shape index (κ2) is 8.40. The summed E-state index contributed by atoms with van der Waals surface area (Å²) in [4.78, 5) is 0. The molecule has 1 N–H and O–H groups in total. The van der Waals surface area contributed by atoms with Gasteiger partial charge in [0, 0.05) is 13.1 Å². The average molecular weight is 294 g/mol. The average Bonchev–Trinajstić information content (AvgIpc) is 2.33. The van der Waals surface area contributed by atoms with E-state index >= 15 is 0 Å². The number of hydrogen-bond donors (Lipinski definition) is 1. The van der Waals surface area contributed by atoms with Crippen LogP contribution in [-0.2, 0) is 10.0 Å². The van der Waals surface area contributed by atoms with E-state index in [0.717, 1.165) is 25.9 Å². The molecule has 1 rings (SSSR count). The van der Waals surface area contributed by atoms with Crippen molar-refractivity contribution in [3.63, 3.8) is 0 Å². The van der Waals surface area contributed by atoms with Gasteiger partial charge in [-0.05, 0) is 49.8 Å². The zero-order valence-corrected chi connectivity index (χ0v) is 13.2. The molecule has 1 fully saturated rings. The summed E-state index contributed by atoms with van der Waals surface area (Å²) in [6, 6.07) is 0. The molecule has 0 spiro atoms. The number of sulfonamides is 1. The SMILES string of the molecule is CCSCCCNCC1CCCN(S(C)(=O)=O)C1. The van der Waals surface area contributed by atoms with Crippen molar-refractivity contribution in [2.45, 2.75) is 26.2 Å². The molecule has 1 aliphatic rings. The van der Waals surface area contributed by atoms with Gasteiger partial charge in [0.05, 0.1) is 6.26 Å². The first kappa shape index (κ1) is 16.3. The quantitative estimate of drug-likeness (QED) is 0.687. The van der Waals surface area contributed by atoms with Crippen LogP contribution in [0.1, 0.15) is 26.2 Å². The summed E-state index contributed by atoms with van der Waals surface area (Å²) in [7, 11) is -3.00. The summed E-state index contributed by atoms with van der Waals surface area (Å²) < 4.78 is 24.6.